The van der Waals surface area contributed by atoms with Crippen LogP contribution in [0.15, 0.2) is 24.4 Å². The van der Waals surface area contributed by atoms with Gasteiger partial charge >= 0.3 is 0 Å². The molecule has 92 valence electrons. The van der Waals surface area contributed by atoms with Gasteiger partial charge in [0.1, 0.15) is 11.9 Å². The summed E-state index contributed by atoms with van der Waals surface area (Å²) in [5.74, 6) is 0.908. The average Bonchev–Trinajstić information content (AvgIpc) is 2.78. The molecule has 5 heteroatoms. The molecular weight excluding hydrogens is 228 g/mol. The third-order valence-electron chi connectivity index (χ3n) is 3.15. The number of hydrogen-bond acceptors (Lipinski definition) is 4. The zero-order valence-electron chi connectivity index (χ0n) is 9.97. The van der Waals surface area contributed by atoms with Crippen molar-refractivity contribution in [1.29, 1.82) is 5.26 Å². The van der Waals surface area contributed by atoms with Crippen molar-refractivity contribution < 1.29 is 4.74 Å². The van der Waals surface area contributed by atoms with Gasteiger partial charge in [0.15, 0.2) is 5.69 Å². The number of aromatic nitrogens is 2. The van der Waals surface area contributed by atoms with Gasteiger partial charge in [-0.3, -0.25) is 0 Å². The van der Waals surface area contributed by atoms with E-state index in [-0.39, 0.29) is 6.04 Å². The van der Waals surface area contributed by atoms with E-state index >= 15 is 0 Å². The molecule has 0 spiro atoms. The molecule has 2 aromatic heterocycles. The number of rotatable bonds is 2. The number of fused-ring (bicyclic) bond motifs is 1. The van der Waals surface area contributed by atoms with Crippen molar-refractivity contribution in [3.8, 4) is 6.07 Å². The highest BCUT2D eigenvalue weighted by Crippen LogP contribution is 2.14. The van der Waals surface area contributed by atoms with E-state index in [0.29, 0.717) is 12.3 Å². The summed E-state index contributed by atoms with van der Waals surface area (Å²) in [6.45, 7) is 2.34. The molecule has 0 amide bonds. The van der Waals surface area contributed by atoms with Crippen LogP contribution in [0.4, 0.5) is 0 Å². The van der Waals surface area contributed by atoms with Crippen molar-refractivity contribution >= 4 is 5.52 Å². The van der Waals surface area contributed by atoms with Crippen LogP contribution in [0.5, 0.6) is 0 Å². The van der Waals surface area contributed by atoms with E-state index < -0.39 is 0 Å². The molecule has 0 aromatic carbocycles. The normalized spacial score (nSPS) is 19.8. The lowest BCUT2D eigenvalue weighted by atomic mass is 10.2. The van der Waals surface area contributed by atoms with Gasteiger partial charge in [-0.05, 0) is 12.1 Å². The molecule has 2 aromatic rings. The van der Waals surface area contributed by atoms with Crippen molar-refractivity contribution in [2.45, 2.75) is 12.5 Å². The Morgan fingerprint density at radius 3 is 3.28 bits per heavy atom. The smallest absolute Gasteiger partial charge is 0.166 e. The number of nitrogens with one attached hydrogen (secondary N) is 1. The van der Waals surface area contributed by atoms with E-state index in [1.54, 1.807) is 0 Å². The second-order valence-electron chi connectivity index (χ2n) is 4.37. The number of ether oxygens (including phenoxy) is 1. The summed E-state index contributed by atoms with van der Waals surface area (Å²) in [5.41, 5.74) is 1.36. The predicted octanol–water partition coefficient (Wildman–Crippen LogP) is 0.737. The van der Waals surface area contributed by atoms with Crippen molar-refractivity contribution in [1.82, 2.24) is 14.7 Å². The van der Waals surface area contributed by atoms with Gasteiger partial charge in [-0.25, -0.2) is 4.98 Å². The van der Waals surface area contributed by atoms with E-state index in [1.807, 2.05) is 28.8 Å². The molecule has 5 nitrogen and oxygen atoms in total. The standard InChI is InChI=1S/C13H14N4O/c14-8-11-12-3-1-2-5-17(12)13(16-11)7-10-9-18-6-4-15-10/h1-3,5,10,15H,4,6-7,9H2. The molecule has 0 bridgehead atoms. The van der Waals surface area contributed by atoms with Gasteiger partial charge in [-0.15, -0.1) is 0 Å². The Morgan fingerprint density at radius 1 is 1.56 bits per heavy atom. The zero-order chi connectivity index (χ0) is 12.4. The minimum absolute atomic E-state index is 0.274. The second kappa shape index (κ2) is 4.77. The lowest BCUT2D eigenvalue weighted by Gasteiger charge is -2.23. The van der Waals surface area contributed by atoms with Crippen LogP contribution in [0.1, 0.15) is 11.5 Å². The summed E-state index contributed by atoms with van der Waals surface area (Å²) in [6.07, 6.45) is 2.72. The molecule has 1 saturated heterocycles. The summed E-state index contributed by atoms with van der Waals surface area (Å²) in [6, 6.07) is 8.20. The predicted molar refractivity (Wildman–Crippen MR) is 66.2 cm³/mol. The third kappa shape index (κ3) is 1.96. The average molecular weight is 242 g/mol. The number of nitriles is 1. The molecule has 18 heavy (non-hydrogen) atoms. The van der Waals surface area contributed by atoms with Gasteiger partial charge in [-0.2, -0.15) is 5.26 Å². The van der Waals surface area contributed by atoms with Crippen LogP contribution in [0.3, 0.4) is 0 Å². The van der Waals surface area contributed by atoms with Gasteiger partial charge < -0.3 is 14.5 Å². The van der Waals surface area contributed by atoms with Gasteiger partial charge in [0.25, 0.3) is 0 Å². The topological polar surface area (TPSA) is 62.3 Å². The summed E-state index contributed by atoms with van der Waals surface area (Å²) >= 11 is 0. The van der Waals surface area contributed by atoms with Crippen molar-refractivity contribution in [2.24, 2.45) is 0 Å². The van der Waals surface area contributed by atoms with Crippen molar-refractivity contribution in [2.75, 3.05) is 19.8 Å². The first kappa shape index (κ1) is 11.2. The summed E-state index contributed by atoms with van der Waals surface area (Å²) < 4.78 is 7.42. The van der Waals surface area contributed by atoms with Crippen molar-refractivity contribution in [3.63, 3.8) is 0 Å². The Kier molecular flexibility index (Phi) is 2.97. The fourth-order valence-electron chi connectivity index (χ4n) is 2.30. The van der Waals surface area contributed by atoms with E-state index in [1.165, 1.54) is 0 Å². The maximum atomic E-state index is 9.09. The maximum absolute atomic E-state index is 9.09. The first-order valence-corrected chi connectivity index (χ1v) is 6.05. The molecule has 3 rings (SSSR count). The lowest BCUT2D eigenvalue weighted by molar-refractivity contribution is 0.0763. The van der Waals surface area contributed by atoms with E-state index in [9.17, 15) is 0 Å². The SMILES string of the molecule is N#Cc1nc(CC2COCCN2)n2ccccc12. The third-order valence-corrected chi connectivity index (χ3v) is 3.15. The Labute approximate surface area is 105 Å². The van der Waals surface area contributed by atoms with Gasteiger partial charge in [-0.1, -0.05) is 6.07 Å². The molecule has 1 atom stereocenters. The quantitative estimate of drug-likeness (QED) is 0.843. The maximum Gasteiger partial charge on any atom is 0.166 e. The Balaban J connectivity index is 1.94. The largest absolute Gasteiger partial charge is 0.379 e. The number of hydrogen-bond donors (Lipinski definition) is 1. The molecular formula is C13H14N4O. The van der Waals surface area contributed by atoms with Crippen LogP contribution >= 0.6 is 0 Å². The molecule has 0 aliphatic carbocycles. The fourth-order valence-corrected chi connectivity index (χ4v) is 2.30. The lowest BCUT2D eigenvalue weighted by Crippen LogP contribution is -2.42. The van der Waals surface area contributed by atoms with E-state index in [2.05, 4.69) is 16.4 Å². The Bertz CT molecular complexity index is 593. The highest BCUT2D eigenvalue weighted by molar-refractivity contribution is 5.58. The molecule has 3 heterocycles. The number of pyridine rings is 1. The minimum Gasteiger partial charge on any atom is -0.379 e. The van der Waals surface area contributed by atoms with E-state index in [0.717, 1.165) is 30.9 Å². The molecule has 1 unspecified atom stereocenters. The van der Waals surface area contributed by atoms with Crippen LogP contribution in [0.25, 0.3) is 5.52 Å². The van der Waals surface area contributed by atoms with Crippen LogP contribution in [0, 0.1) is 11.3 Å². The highest BCUT2D eigenvalue weighted by atomic mass is 16.5. The van der Waals surface area contributed by atoms with E-state index in [4.69, 9.17) is 10.00 Å². The monoisotopic (exact) mass is 242 g/mol. The van der Waals surface area contributed by atoms with Crippen LogP contribution < -0.4 is 5.32 Å². The number of imidazole rings is 1. The molecule has 0 radical (unpaired) electrons. The fraction of sp³-hybridized carbons (Fsp3) is 0.385. The number of morpholine rings is 1. The second-order valence-corrected chi connectivity index (χ2v) is 4.37. The highest BCUT2D eigenvalue weighted by Gasteiger charge is 2.17. The molecule has 1 fully saturated rings. The van der Waals surface area contributed by atoms with Crippen LogP contribution in [0.2, 0.25) is 0 Å². The van der Waals surface area contributed by atoms with Gasteiger partial charge in [0.05, 0.1) is 18.7 Å². The Hall–Kier alpha value is -1.90. The summed E-state index contributed by atoms with van der Waals surface area (Å²) in [7, 11) is 0. The Morgan fingerprint density at radius 2 is 2.50 bits per heavy atom. The van der Waals surface area contributed by atoms with Gasteiger partial charge in [0, 0.05) is 25.2 Å². The first-order chi connectivity index (χ1) is 8.88. The molecule has 1 aliphatic rings. The number of nitrogens with zero attached hydrogens (tertiary/aromatic N) is 3. The van der Waals surface area contributed by atoms with Crippen LogP contribution in [-0.4, -0.2) is 35.2 Å². The van der Waals surface area contributed by atoms with Gasteiger partial charge in [0.2, 0.25) is 0 Å². The van der Waals surface area contributed by atoms with Crippen LogP contribution in [-0.2, 0) is 11.2 Å². The molecule has 1 N–H and O–H groups in total. The first-order valence-electron chi connectivity index (χ1n) is 6.05. The molecule has 0 saturated carbocycles. The summed E-state index contributed by atoms with van der Waals surface area (Å²) in [4.78, 5) is 4.41. The zero-order valence-corrected chi connectivity index (χ0v) is 9.97. The summed E-state index contributed by atoms with van der Waals surface area (Å²) in [5, 5.41) is 12.5. The van der Waals surface area contributed by atoms with Crippen molar-refractivity contribution in [3.05, 3.63) is 35.9 Å². The molecule has 1 aliphatic heterocycles. The minimum atomic E-state index is 0.274.